The van der Waals surface area contributed by atoms with Gasteiger partial charge in [-0.2, -0.15) is 0 Å². The third kappa shape index (κ3) is 5.76. The maximum absolute atomic E-state index is 12.3. The summed E-state index contributed by atoms with van der Waals surface area (Å²) in [5.74, 6) is -0.646. The molecule has 134 valence electrons. The van der Waals surface area contributed by atoms with Crippen molar-refractivity contribution in [3.05, 3.63) is 23.8 Å². The number of carboxylic acids is 1. The van der Waals surface area contributed by atoms with E-state index in [0.29, 0.717) is 30.3 Å². The number of carbonyl (C=O) groups excluding carboxylic acids is 1. The van der Waals surface area contributed by atoms with E-state index in [-0.39, 0.29) is 5.92 Å². The largest absolute Gasteiger partial charge is 0.490 e. The van der Waals surface area contributed by atoms with Crippen molar-refractivity contribution in [2.24, 2.45) is 5.92 Å². The first-order valence-electron chi connectivity index (χ1n) is 8.34. The summed E-state index contributed by atoms with van der Waals surface area (Å²) in [6.07, 6.45) is 1.96. The van der Waals surface area contributed by atoms with Gasteiger partial charge >= 0.3 is 5.97 Å². The summed E-state index contributed by atoms with van der Waals surface area (Å²) in [7, 11) is 0. The molecule has 0 aliphatic heterocycles. The van der Waals surface area contributed by atoms with Crippen molar-refractivity contribution in [3.63, 3.8) is 0 Å². The van der Waals surface area contributed by atoms with E-state index in [2.05, 4.69) is 12.2 Å². The Morgan fingerprint density at radius 3 is 2.42 bits per heavy atom. The lowest BCUT2D eigenvalue weighted by Gasteiger charge is -2.18. The lowest BCUT2D eigenvalue weighted by molar-refractivity contribution is -0.140. The van der Waals surface area contributed by atoms with Gasteiger partial charge in [-0.05, 0) is 37.5 Å². The van der Waals surface area contributed by atoms with Crippen LogP contribution in [0.2, 0.25) is 0 Å². The van der Waals surface area contributed by atoms with Crippen molar-refractivity contribution < 1.29 is 24.2 Å². The topological polar surface area (TPSA) is 84.9 Å². The summed E-state index contributed by atoms with van der Waals surface area (Å²) in [6.45, 7) is 8.44. The molecule has 1 atom stereocenters. The number of benzene rings is 1. The summed E-state index contributed by atoms with van der Waals surface area (Å²) in [4.78, 5) is 23.5. The first-order chi connectivity index (χ1) is 11.4. The second-order valence-corrected chi connectivity index (χ2v) is 5.83. The summed E-state index contributed by atoms with van der Waals surface area (Å²) >= 11 is 0. The Hall–Kier alpha value is -2.24. The molecule has 24 heavy (non-hydrogen) atoms. The zero-order valence-electron chi connectivity index (χ0n) is 14.8. The standard InChI is InChI=1S/C18H27NO5/c1-5-7-10-24-14-9-8-13(11-15(14)23-6-2)17(20)19-16(12(3)4)18(21)22/h8-9,11-12,16H,5-7,10H2,1-4H3,(H,19,20)(H,21,22). The molecule has 2 N–H and O–H groups in total. The molecular formula is C18H27NO5. The molecule has 0 aromatic heterocycles. The Balaban J connectivity index is 2.92. The quantitative estimate of drug-likeness (QED) is 0.641. The zero-order valence-corrected chi connectivity index (χ0v) is 14.8. The van der Waals surface area contributed by atoms with Crippen LogP contribution in [0.15, 0.2) is 18.2 Å². The number of ether oxygens (including phenoxy) is 2. The van der Waals surface area contributed by atoms with Crippen molar-refractivity contribution in [2.75, 3.05) is 13.2 Å². The molecule has 1 unspecified atom stereocenters. The van der Waals surface area contributed by atoms with Gasteiger partial charge in [0.15, 0.2) is 11.5 Å². The maximum atomic E-state index is 12.3. The number of rotatable bonds is 10. The first-order valence-corrected chi connectivity index (χ1v) is 8.34. The SMILES string of the molecule is CCCCOc1ccc(C(=O)NC(C(=O)O)C(C)C)cc1OCC. The number of unbranched alkanes of at least 4 members (excludes halogenated alkanes) is 1. The number of carbonyl (C=O) groups is 2. The minimum atomic E-state index is -1.05. The van der Waals surface area contributed by atoms with Crippen LogP contribution in [0.1, 0.15) is 50.9 Å². The predicted octanol–water partition coefficient (Wildman–Crippen LogP) is 3.10. The Kier molecular flexibility index (Phi) is 8.09. The van der Waals surface area contributed by atoms with Crippen LogP contribution in [0.25, 0.3) is 0 Å². The van der Waals surface area contributed by atoms with Crippen LogP contribution in [-0.4, -0.2) is 36.2 Å². The Bertz CT molecular complexity index is 556. The third-order valence-corrected chi connectivity index (χ3v) is 3.48. The van der Waals surface area contributed by atoms with Gasteiger partial charge in [0.1, 0.15) is 6.04 Å². The first kappa shape index (κ1) is 19.8. The lowest BCUT2D eigenvalue weighted by Crippen LogP contribution is -2.44. The van der Waals surface area contributed by atoms with Crippen LogP contribution in [-0.2, 0) is 4.79 Å². The molecular weight excluding hydrogens is 310 g/mol. The third-order valence-electron chi connectivity index (χ3n) is 3.48. The van der Waals surface area contributed by atoms with Crippen LogP contribution in [0.4, 0.5) is 0 Å². The highest BCUT2D eigenvalue weighted by atomic mass is 16.5. The van der Waals surface area contributed by atoms with E-state index in [0.717, 1.165) is 12.8 Å². The molecule has 0 bridgehead atoms. The molecule has 6 heteroatoms. The summed E-state index contributed by atoms with van der Waals surface area (Å²) in [5, 5.41) is 11.7. The van der Waals surface area contributed by atoms with Crippen molar-refractivity contribution in [1.29, 1.82) is 0 Å². The van der Waals surface area contributed by atoms with E-state index >= 15 is 0 Å². The van der Waals surface area contributed by atoms with Gasteiger partial charge in [-0.3, -0.25) is 4.79 Å². The van der Waals surface area contributed by atoms with E-state index in [1.807, 2.05) is 6.92 Å². The van der Waals surface area contributed by atoms with Gasteiger partial charge in [-0.15, -0.1) is 0 Å². The molecule has 0 radical (unpaired) electrons. The molecule has 6 nitrogen and oxygen atoms in total. The van der Waals surface area contributed by atoms with Gasteiger partial charge in [0.05, 0.1) is 13.2 Å². The molecule has 0 aliphatic rings. The fourth-order valence-electron chi connectivity index (χ4n) is 2.10. The van der Waals surface area contributed by atoms with Gasteiger partial charge < -0.3 is 19.9 Å². The molecule has 0 fully saturated rings. The van der Waals surface area contributed by atoms with Crippen LogP contribution in [0.3, 0.4) is 0 Å². The Morgan fingerprint density at radius 2 is 1.88 bits per heavy atom. The monoisotopic (exact) mass is 337 g/mol. The van der Waals surface area contributed by atoms with Crippen LogP contribution >= 0.6 is 0 Å². The fraction of sp³-hybridized carbons (Fsp3) is 0.556. The number of aliphatic carboxylic acids is 1. The maximum Gasteiger partial charge on any atom is 0.326 e. The van der Waals surface area contributed by atoms with E-state index in [9.17, 15) is 14.7 Å². The Morgan fingerprint density at radius 1 is 1.17 bits per heavy atom. The lowest BCUT2D eigenvalue weighted by atomic mass is 10.0. The fourth-order valence-corrected chi connectivity index (χ4v) is 2.10. The molecule has 1 rings (SSSR count). The van der Waals surface area contributed by atoms with E-state index < -0.39 is 17.9 Å². The van der Waals surface area contributed by atoms with Gasteiger partial charge in [0.2, 0.25) is 0 Å². The molecule has 0 saturated heterocycles. The predicted molar refractivity (Wildman–Crippen MR) is 91.7 cm³/mol. The van der Waals surface area contributed by atoms with Crippen LogP contribution in [0.5, 0.6) is 11.5 Å². The summed E-state index contributed by atoms with van der Waals surface area (Å²) in [5.41, 5.74) is 0.341. The van der Waals surface area contributed by atoms with Crippen molar-refractivity contribution in [2.45, 2.75) is 46.6 Å². The van der Waals surface area contributed by atoms with Crippen LogP contribution in [0, 0.1) is 5.92 Å². The van der Waals surface area contributed by atoms with E-state index in [4.69, 9.17) is 9.47 Å². The van der Waals surface area contributed by atoms with Crippen molar-refractivity contribution in [3.8, 4) is 11.5 Å². The molecule has 0 aliphatic carbocycles. The second-order valence-electron chi connectivity index (χ2n) is 5.83. The average Bonchev–Trinajstić information content (AvgIpc) is 2.53. The van der Waals surface area contributed by atoms with Gasteiger partial charge in [0.25, 0.3) is 5.91 Å². The van der Waals surface area contributed by atoms with Crippen molar-refractivity contribution in [1.82, 2.24) is 5.32 Å². The van der Waals surface area contributed by atoms with E-state index in [1.165, 1.54) is 0 Å². The normalized spacial score (nSPS) is 11.9. The van der Waals surface area contributed by atoms with Gasteiger partial charge in [-0.25, -0.2) is 4.79 Å². The molecule has 0 heterocycles. The summed E-state index contributed by atoms with van der Waals surface area (Å²) < 4.78 is 11.2. The smallest absolute Gasteiger partial charge is 0.326 e. The number of carboxylic acid groups (broad SMARTS) is 1. The molecule has 0 spiro atoms. The zero-order chi connectivity index (χ0) is 18.1. The molecule has 1 aromatic rings. The number of amides is 1. The van der Waals surface area contributed by atoms with E-state index in [1.54, 1.807) is 32.0 Å². The van der Waals surface area contributed by atoms with Crippen LogP contribution < -0.4 is 14.8 Å². The van der Waals surface area contributed by atoms with Gasteiger partial charge in [-0.1, -0.05) is 27.2 Å². The molecule has 0 saturated carbocycles. The highest BCUT2D eigenvalue weighted by molar-refractivity contribution is 5.97. The number of hydrogen-bond donors (Lipinski definition) is 2. The summed E-state index contributed by atoms with van der Waals surface area (Å²) in [6, 6.07) is 3.94. The van der Waals surface area contributed by atoms with Gasteiger partial charge in [0, 0.05) is 5.56 Å². The number of nitrogens with one attached hydrogen (secondary N) is 1. The molecule has 1 aromatic carbocycles. The second kappa shape index (κ2) is 9.80. The molecule has 1 amide bonds. The Labute approximate surface area is 143 Å². The minimum absolute atomic E-state index is 0.213. The average molecular weight is 337 g/mol. The van der Waals surface area contributed by atoms with Crippen molar-refractivity contribution >= 4 is 11.9 Å². The highest BCUT2D eigenvalue weighted by Crippen LogP contribution is 2.29. The minimum Gasteiger partial charge on any atom is -0.490 e. The highest BCUT2D eigenvalue weighted by Gasteiger charge is 2.24. The number of hydrogen-bond acceptors (Lipinski definition) is 4.